The van der Waals surface area contributed by atoms with Crippen LogP contribution in [0.4, 0.5) is 0 Å². The van der Waals surface area contributed by atoms with Gasteiger partial charge in [0, 0.05) is 17.0 Å². The van der Waals surface area contributed by atoms with Gasteiger partial charge in [-0.3, -0.25) is 0 Å². The van der Waals surface area contributed by atoms with Gasteiger partial charge in [-0.25, -0.2) is 0 Å². The molecule has 0 amide bonds. The van der Waals surface area contributed by atoms with Crippen molar-refractivity contribution in [2.24, 2.45) is 5.92 Å². The Hall–Kier alpha value is -2.23. The molecule has 6 heteroatoms. The van der Waals surface area contributed by atoms with Crippen molar-refractivity contribution in [2.45, 2.75) is 25.5 Å². The summed E-state index contributed by atoms with van der Waals surface area (Å²) in [5.41, 5.74) is 1.93. The first-order valence-electron chi connectivity index (χ1n) is 7.96. The molecule has 23 heavy (non-hydrogen) atoms. The molecule has 1 saturated heterocycles. The molecule has 1 saturated carbocycles. The third kappa shape index (κ3) is 3.76. The minimum absolute atomic E-state index is 0.0125. The van der Waals surface area contributed by atoms with Gasteiger partial charge < -0.3 is 9.47 Å². The lowest BCUT2D eigenvalue weighted by molar-refractivity contribution is -0.0959. The molecule has 1 aliphatic heterocycles. The van der Waals surface area contributed by atoms with E-state index in [4.69, 9.17) is 9.47 Å². The molecule has 118 valence electrons. The Morgan fingerprint density at radius 2 is 2.22 bits per heavy atom. The second kappa shape index (κ2) is 6.49. The van der Waals surface area contributed by atoms with Crippen LogP contribution in [0.5, 0.6) is 0 Å². The first-order chi connectivity index (χ1) is 11.4. The van der Waals surface area contributed by atoms with Crippen LogP contribution in [0.15, 0.2) is 24.3 Å². The van der Waals surface area contributed by atoms with Crippen molar-refractivity contribution in [3.05, 3.63) is 29.8 Å². The maximum Gasteiger partial charge on any atom is 0.204 e. The van der Waals surface area contributed by atoms with E-state index in [1.54, 1.807) is 4.80 Å². The van der Waals surface area contributed by atoms with Crippen molar-refractivity contribution in [3.8, 4) is 23.2 Å². The Kier molecular flexibility index (Phi) is 4.05. The highest BCUT2D eigenvalue weighted by Crippen LogP contribution is 2.27. The number of hydrogen-bond acceptors (Lipinski definition) is 5. The fourth-order valence-electron chi connectivity index (χ4n) is 2.41. The smallest absolute Gasteiger partial charge is 0.204 e. The summed E-state index contributed by atoms with van der Waals surface area (Å²) >= 11 is 0. The normalized spacial score (nSPS) is 20.8. The highest BCUT2D eigenvalue weighted by molar-refractivity contribution is 5.57. The molecule has 2 fully saturated rings. The number of aromatic nitrogens is 4. The lowest BCUT2D eigenvalue weighted by Crippen LogP contribution is -2.32. The van der Waals surface area contributed by atoms with Crippen LogP contribution in [0.1, 0.15) is 18.4 Å². The molecule has 1 unspecified atom stereocenters. The van der Waals surface area contributed by atoms with Gasteiger partial charge in [-0.15, -0.1) is 10.2 Å². The Morgan fingerprint density at radius 1 is 1.26 bits per heavy atom. The Labute approximate surface area is 134 Å². The summed E-state index contributed by atoms with van der Waals surface area (Å²) in [6, 6.07) is 7.97. The van der Waals surface area contributed by atoms with Crippen LogP contribution >= 0.6 is 0 Å². The number of ether oxygens (including phenoxy) is 2. The number of benzene rings is 1. The second-order valence-corrected chi connectivity index (χ2v) is 5.86. The number of hydrogen-bond donors (Lipinski definition) is 0. The Morgan fingerprint density at radius 3 is 3.04 bits per heavy atom. The molecule has 2 heterocycles. The van der Waals surface area contributed by atoms with E-state index in [2.05, 4.69) is 27.3 Å². The molecular formula is C17H18N4O2. The summed E-state index contributed by atoms with van der Waals surface area (Å²) in [6.45, 7) is 2.40. The fourth-order valence-corrected chi connectivity index (χ4v) is 2.41. The monoisotopic (exact) mass is 310 g/mol. The summed E-state index contributed by atoms with van der Waals surface area (Å²) in [6.07, 6.45) is 2.45. The lowest BCUT2D eigenvalue weighted by Gasteiger charge is -2.21. The molecule has 2 aliphatic rings. The molecule has 4 rings (SSSR count). The van der Waals surface area contributed by atoms with E-state index in [9.17, 15) is 0 Å². The third-order valence-electron chi connectivity index (χ3n) is 3.82. The summed E-state index contributed by atoms with van der Waals surface area (Å²) < 4.78 is 11.0. The van der Waals surface area contributed by atoms with Crippen LogP contribution < -0.4 is 0 Å². The van der Waals surface area contributed by atoms with Gasteiger partial charge in [-0.1, -0.05) is 24.0 Å². The third-order valence-corrected chi connectivity index (χ3v) is 3.82. The number of rotatable bonds is 3. The van der Waals surface area contributed by atoms with E-state index in [0.29, 0.717) is 38.1 Å². The van der Waals surface area contributed by atoms with Gasteiger partial charge in [0.25, 0.3) is 0 Å². The van der Waals surface area contributed by atoms with Gasteiger partial charge in [-0.2, -0.15) is 4.80 Å². The average Bonchev–Trinajstić information content (AvgIpc) is 3.32. The average molecular weight is 310 g/mol. The van der Waals surface area contributed by atoms with Crippen molar-refractivity contribution >= 4 is 0 Å². The van der Waals surface area contributed by atoms with Gasteiger partial charge in [-0.05, 0) is 30.2 Å². The van der Waals surface area contributed by atoms with E-state index in [1.807, 2.05) is 24.3 Å². The quantitative estimate of drug-likeness (QED) is 0.804. The summed E-state index contributed by atoms with van der Waals surface area (Å²) in [7, 11) is 0. The zero-order valence-electron chi connectivity index (χ0n) is 12.8. The molecular weight excluding hydrogens is 292 g/mol. The van der Waals surface area contributed by atoms with E-state index >= 15 is 0 Å². The molecule has 1 atom stereocenters. The molecule has 0 spiro atoms. The van der Waals surface area contributed by atoms with Gasteiger partial charge >= 0.3 is 0 Å². The highest BCUT2D eigenvalue weighted by Gasteiger charge is 2.18. The van der Waals surface area contributed by atoms with Gasteiger partial charge in [0.05, 0.1) is 26.4 Å². The van der Waals surface area contributed by atoms with Gasteiger partial charge in [0.1, 0.15) is 6.10 Å². The van der Waals surface area contributed by atoms with E-state index in [1.165, 1.54) is 12.8 Å². The zero-order chi connectivity index (χ0) is 15.5. The van der Waals surface area contributed by atoms with Crippen LogP contribution in [-0.4, -0.2) is 46.1 Å². The van der Waals surface area contributed by atoms with Crippen molar-refractivity contribution in [1.82, 2.24) is 20.2 Å². The molecule has 0 N–H and O–H groups in total. The largest absolute Gasteiger partial charge is 0.376 e. The summed E-state index contributed by atoms with van der Waals surface area (Å²) in [4.78, 5) is 1.57. The van der Waals surface area contributed by atoms with Crippen molar-refractivity contribution in [3.63, 3.8) is 0 Å². The zero-order valence-corrected chi connectivity index (χ0v) is 12.8. The molecule has 0 radical (unpaired) electrons. The number of nitrogens with zero attached hydrogens (tertiary/aromatic N) is 4. The molecule has 0 bridgehead atoms. The summed E-state index contributed by atoms with van der Waals surface area (Å²) in [5, 5.41) is 12.7. The maximum absolute atomic E-state index is 5.60. The molecule has 1 aromatic carbocycles. The van der Waals surface area contributed by atoms with Crippen LogP contribution in [-0.2, 0) is 16.0 Å². The predicted octanol–water partition coefficient (Wildman–Crippen LogP) is 1.52. The minimum atomic E-state index is -0.0125. The van der Waals surface area contributed by atoms with E-state index in [-0.39, 0.29) is 6.10 Å². The van der Waals surface area contributed by atoms with Crippen LogP contribution in [0.2, 0.25) is 0 Å². The minimum Gasteiger partial charge on any atom is -0.376 e. The van der Waals surface area contributed by atoms with Gasteiger partial charge in [0.2, 0.25) is 5.82 Å². The maximum atomic E-state index is 5.60. The van der Waals surface area contributed by atoms with Crippen molar-refractivity contribution in [1.29, 1.82) is 0 Å². The van der Waals surface area contributed by atoms with Gasteiger partial charge in [0.15, 0.2) is 0 Å². The van der Waals surface area contributed by atoms with Crippen LogP contribution in [0.25, 0.3) is 11.4 Å². The summed E-state index contributed by atoms with van der Waals surface area (Å²) in [5.74, 6) is 7.69. The van der Waals surface area contributed by atoms with Crippen LogP contribution in [0.3, 0.4) is 0 Å². The Balaban J connectivity index is 1.47. The predicted molar refractivity (Wildman–Crippen MR) is 83.4 cm³/mol. The van der Waals surface area contributed by atoms with E-state index in [0.717, 1.165) is 11.1 Å². The molecule has 6 nitrogen and oxygen atoms in total. The van der Waals surface area contributed by atoms with Crippen molar-refractivity contribution in [2.75, 3.05) is 19.8 Å². The first kappa shape index (κ1) is 14.4. The standard InChI is InChI=1S/C17H18N4O2/c1-2-14(7-6-13-4-5-13)10-15(3-1)17-18-20-21(19-17)11-16-12-22-8-9-23-16/h1-3,10,13,16H,4-5,8-9,11-12H2. The first-order valence-corrected chi connectivity index (χ1v) is 7.96. The highest BCUT2D eigenvalue weighted by atomic mass is 16.6. The lowest BCUT2D eigenvalue weighted by atomic mass is 10.1. The molecule has 2 aromatic rings. The topological polar surface area (TPSA) is 62.1 Å². The SMILES string of the molecule is C(#CC1CC1)c1cccc(-c2nnn(CC3COCCO3)n2)c1. The fraction of sp³-hybridized carbons (Fsp3) is 0.471. The Bertz CT molecular complexity index is 736. The second-order valence-electron chi connectivity index (χ2n) is 5.86. The van der Waals surface area contributed by atoms with Crippen LogP contribution in [0, 0.1) is 17.8 Å². The number of tetrazole rings is 1. The molecule has 1 aliphatic carbocycles. The van der Waals surface area contributed by atoms with E-state index < -0.39 is 0 Å². The molecule has 1 aromatic heterocycles. The van der Waals surface area contributed by atoms with Crippen molar-refractivity contribution < 1.29 is 9.47 Å².